The molecule has 0 aromatic heterocycles. The van der Waals surface area contributed by atoms with Gasteiger partial charge >= 0.3 is 0 Å². The maximum Gasteiger partial charge on any atom is 0.171 e. The van der Waals surface area contributed by atoms with Crippen LogP contribution < -0.4 is 5.32 Å². The van der Waals surface area contributed by atoms with Crippen molar-refractivity contribution in [1.29, 1.82) is 0 Å². The molecule has 18 heavy (non-hydrogen) atoms. The molecule has 0 aliphatic rings. The standard InChI is InChI=1S/C13H20FNO3/c1-8(15-9(2)13(17-3)18-4)11-6-5-10(14)7-12(11)16/h5-9,13,15-16H,1-4H3. The molecule has 0 saturated heterocycles. The van der Waals surface area contributed by atoms with Crippen molar-refractivity contribution < 1.29 is 19.0 Å². The maximum atomic E-state index is 12.9. The van der Waals surface area contributed by atoms with Crippen LogP contribution in [0.25, 0.3) is 0 Å². The molecule has 2 unspecified atom stereocenters. The largest absolute Gasteiger partial charge is 0.508 e. The van der Waals surface area contributed by atoms with Crippen molar-refractivity contribution in [2.75, 3.05) is 14.2 Å². The molecule has 2 atom stereocenters. The van der Waals surface area contributed by atoms with Crippen molar-refractivity contribution in [3.63, 3.8) is 0 Å². The molecule has 102 valence electrons. The number of ether oxygens (including phenoxy) is 2. The molecule has 1 rings (SSSR count). The second-order valence-corrected chi connectivity index (χ2v) is 4.22. The van der Waals surface area contributed by atoms with Crippen LogP contribution in [0, 0.1) is 5.82 Å². The Labute approximate surface area is 107 Å². The van der Waals surface area contributed by atoms with Gasteiger partial charge in [-0.1, -0.05) is 6.07 Å². The molecule has 1 aromatic carbocycles. The zero-order chi connectivity index (χ0) is 13.7. The molecule has 1 aromatic rings. The fourth-order valence-electron chi connectivity index (χ4n) is 1.95. The van der Waals surface area contributed by atoms with Gasteiger partial charge in [-0.2, -0.15) is 0 Å². The summed E-state index contributed by atoms with van der Waals surface area (Å²) in [6.45, 7) is 3.79. The second-order valence-electron chi connectivity index (χ2n) is 4.22. The fraction of sp³-hybridized carbons (Fsp3) is 0.538. The molecule has 2 N–H and O–H groups in total. The lowest BCUT2D eigenvalue weighted by molar-refractivity contribution is -0.120. The summed E-state index contributed by atoms with van der Waals surface area (Å²) in [4.78, 5) is 0. The van der Waals surface area contributed by atoms with Crippen LogP contribution in [0.4, 0.5) is 4.39 Å². The third-order valence-electron chi connectivity index (χ3n) is 2.84. The predicted octanol–water partition coefficient (Wildman–Crippen LogP) is 2.19. The first-order chi connectivity index (χ1) is 8.49. The molecule has 0 aliphatic carbocycles. The Hall–Kier alpha value is -1.17. The SMILES string of the molecule is COC(OC)C(C)NC(C)c1ccc(F)cc1O. The third-order valence-corrected chi connectivity index (χ3v) is 2.84. The number of nitrogens with one attached hydrogen (secondary N) is 1. The Kier molecular flexibility index (Phi) is 5.53. The fourth-order valence-corrected chi connectivity index (χ4v) is 1.95. The lowest BCUT2D eigenvalue weighted by Gasteiger charge is -2.26. The van der Waals surface area contributed by atoms with Gasteiger partial charge in [-0.15, -0.1) is 0 Å². The first-order valence-corrected chi connectivity index (χ1v) is 5.79. The number of methoxy groups -OCH3 is 2. The van der Waals surface area contributed by atoms with Gasteiger partial charge in [0.25, 0.3) is 0 Å². The molecule has 0 heterocycles. The minimum Gasteiger partial charge on any atom is -0.508 e. The van der Waals surface area contributed by atoms with E-state index in [-0.39, 0.29) is 24.1 Å². The minimum absolute atomic E-state index is 0.0615. The van der Waals surface area contributed by atoms with Crippen molar-refractivity contribution in [2.24, 2.45) is 0 Å². The number of phenols is 1. The lowest BCUT2D eigenvalue weighted by atomic mass is 10.1. The van der Waals surface area contributed by atoms with Crippen LogP contribution in [0.3, 0.4) is 0 Å². The van der Waals surface area contributed by atoms with Gasteiger partial charge in [0.1, 0.15) is 11.6 Å². The van der Waals surface area contributed by atoms with Gasteiger partial charge < -0.3 is 19.9 Å². The van der Waals surface area contributed by atoms with Crippen molar-refractivity contribution >= 4 is 0 Å². The van der Waals surface area contributed by atoms with E-state index < -0.39 is 5.82 Å². The van der Waals surface area contributed by atoms with Gasteiger partial charge in [0.05, 0.1) is 6.04 Å². The van der Waals surface area contributed by atoms with E-state index in [2.05, 4.69) is 5.32 Å². The summed E-state index contributed by atoms with van der Waals surface area (Å²) in [6.07, 6.45) is -0.380. The minimum atomic E-state index is -0.455. The van der Waals surface area contributed by atoms with Crippen LogP contribution in [0.5, 0.6) is 5.75 Å². The van der Waals surface area contributed by atoms with Crippen LogP contribution in [-0.4, -0.2) is 31.7 Å². The molecule has 4 nitrogen and oxygen atoms in total. The van der Waals surface area contributed by atoms with Gasteiger partial charge in [-0.25, -0.2) is 4.39 Å². The van der Waals surface area contributed by atoms with Crippen molar-refractivity contribution in [3.8, 4) is 5.75 Å². The summed E-state index contributed by atoms with van der Waals surface area (Å²) >= 11 is 0. The first kappa shape index (κ1) is 14.9. The second kappa shape index (κ2) is 6.68. The molecule has 5 heteroatoms. The summed E-state index contributed by atoms with van der Waals surface area (Å²) in [5.41, 5.74) is 0.634. The smallest absolute Gasteiger partial charge is 0.171 e. The van der Waals surface area contributed by atoms with E-state index in [4.69, 9.17) is 9.47 Å². The highest BCUT2D eigenvalue weighted by atomic mass is 19.1. The summed E-state index contributed by atoms with van der Waals surface area (Å²) in [7, 11) is 3.12. The predicted molar refractivity (Wildman–Crippen MR) is 66.9 cm³/mol. The summed E-state index contributed by atoms with van der Waals surface area (Å²) in [5.74, 6) is -0.517. The number of halogens is 1. The van der Waals surface area contributed by atoms with Gasteiger partial charge in [0.15, 0.2) is 6.29 Å². The normalized spacial score (nSPS) is 14.8. The molecule has 0 fully saturated rings. The van der Waals surface area contributed by atoms with Gasteiger partial charge in [0, 0.05) is 31.9 Å². The van der Waals surface area contributed by atoms with Crippen molar-refractivity contribution in [1.82, 2.24) is 5.32 Å². The average Bonchev–Trinajstić information content (AvgIpc) is 2.30. The van der Waals surface area contributed by atoms with Crippen LogP contribution in [0.1, 0.15) is 25.5 Å². The zero-order valence-electron chi connectivity index (χ0n) is 11.1. The van der Waals surface area contributed by atoms with E-state index in [1.165, 1.54) is 6.07 Å². The Balaban J connectivity index is 2.72. The maximum absolute atomic E-state index is 12.9. The van der Waals surface area contributed by atoms with E-state index >= 15 is 0 Å². The van der Waals surface area contributed by atoms with Gasteiger partial charge in [-0.3, -0.25) is 0 Å². The molecule has 0 spiro atoms. The van der Waals surface area contributed by atoms with Crippen LogP contribution >= 0.6 is 0 Å². The highest BCUT2D eigenvalue weighted by Gasteiger charge is 2.19. The number of rotatable bonds is 6. The summed E-state index contributed by atoms with van der Waals surface area (Å²) < 4.78 is 23.2. The molecule has 0 aliphatic heterocycles. The van der Waals surface area contributed by atoms with E-state index in [1.807, 2.05) is 13.8 Å². The quantitative estimate of drug-likeness (QED) is 0.767. The van der Waals surface area contributed by atoms with Crippen molar-refractivity contribution in [3.05, 3.63) is 29.6 Å². The number of aromatic hydroxyl groups is 1. The molecule has 0 saturated carbocycles. The highest BCUT2D eigenvalue weighted by Crippen LogP contribution is 2.25. The summed E-state index contributed by atoms with van der Waals surface area (Å²) in [6, 6.07) is 3.77. The van der Waals surface area contributed by atoms with E-state index in [1.54, 1.807) is 20.3 Å². The van der Waals surface area contributed by atoms with E-state index in [0.717, 1.165) is 6.07 Å². The Bertz CT molecular complexity index is 382. The molecule has 0 amide bonds. The van der Waals surface area contributed by atoms with E-state index in [0.29, 0.717) is 5.56 Å². The molecule has 0 bridgehead atoms. The number of hydrogen-bond acceptors (Lipinski definition) is 4. The number of phenolic OH excluding ortho intramolecular Hbond substituents is 1. The summed E-state index contributed by atoms with van der Waals surface area (Å²) in [5, 5.41) is 12.9. The highest BCUT2D eigenvalue weighted by molar-refractivity contribution is 5.34. The molecule has 0 radical (unpaired) electrons. The monoisotopic (exact) mass is 257 g/mol. The van der Waals surface area contributed by atoms with Gasteiger partial charge in [-0.05, 0) is 19.9 Å². The van der Waals surface area contributed by atoms with Crippen LogP contribution in [0.2, 0.25) is 0 Å². The van der Waals surface area contributed by atoms with Crippen LogP contribution in [0.15, 0.2) is 18.2 Å². The van der Waals surface area contributed by atoms with Crippen LogP contribution in [-0.2, 0) is 9.47 Å². The number of benzene rings is 1. The lowest BCUT2D eigenvalue weighted by Crippen LogP contribution is -2.40. The Morgan fingerprint density at radius 1 is 1.22 bits per heavy atom. The van der Waals surface area contributed by atoms with E-state index in [9.17, 15) is 9.50 Å². The molecular weight excluding hydrogens is 237 g/mol. The third kappa shape index (κ3) is 3.66. The topological polar surface area (TPSA) is 50.7 Å². The Morgan fingerprint density at radius 2 is 1.83 bits per heavy atom. The average molecular weight is 257 g/mol. The zero-order valence-corrected chi connectivity index (χ0v) is 11.1. The first-order valence-electron chi connectivity index (χ1n) is 5.79. The van der Waals surface area contributed by atoms with Gasteiger partial charge in [0.2, 0.25) is 0 Å². The van der Waals surface area contributed by atoms with Crippen molar-refractivity contribution in [2.45, 2.75) is 32.2 Å². The number of hydrogen-bond donors (Lipinski definition) is 2. The molecular formula is C13H20FNO3. The Morgan fingerprint density at radius 3 is 2.33 bits per heavy atom.